The van der Waals surface area contributed by atoms with E-state index in [1.165, 1.54) is 36.4 Å². The quantitative estimate of drug-likeness (QED) is 0.609. The average Bonchev–Trinajstić information content (AvgIpc) is 3.01. The summed E-state index contributed by atoms with van der Waals surface area (Å²) >= 11 is 0. The molecule has 1 heterocycles. The number of nitrogens with zero attached hydrogens (tertiary/aromatic N) is 2. The van der Waals surface area contributed by atoms with Crippen LogP contribution in [0.1, 0.15) is 35.9 Å². The van der Waals surface area contributed by atoms with Crippen LogP contribution in [0, 0.1) is 5.82 Å². The second-order valence-corrected chi connectivity index (χ2v) is 7.87. The molecule has 2 N–H and O–H groups in total. The van der Waals surface area contributed by atoms with Crippen molar-refractivity contribution in [3.8, 4) is 0 Å². The third-order valence-electron chi connectivity index (χ3n) is 4.27. The smallest absolute Gasteiger partial charge is 0.338 e. The Morgan fingerprint density at radius 3 is 2.57 bits per heavy atom. The van der Waals surface area contributed by atoms with Crippen LogP contribution in [0.15, 0.2) is 47.4 Å². The highest BCUT2D eigenvalue weighted by molar-refractivity contribution is 7.89. The standard InChI is InChI=1S/C19H20FN3O4S/c1-2-3-10-23-17-9-8-15(28(21,25)26)11-16(17)22-18(23)12-27-19(24)13-4-6-14(20)7-5-13/h4-9,11H,2-3,10,12H2,1H3,(H2,21,25,26). The summed E-state index contributed by atoms with van der Waals surface area (Å²) in [4.78, 5) is 16.6. The van der Waals surface area contributed by atoms with Crippen molar-refractivity contribution in [1.29, 1.82) is 0 Å². The van der Waals surface area contributed by atoms with Gasteiger partial charge >= 0.3 is 5.97 Å². The lowest BCUT2D eigenvalue weighted by Gasteiger charge is -2.09. The van der Waals surface area contributed by atoms with E-state index in [0.717, 1.165) is 18.4 Å². The number of hydrogen-bond donors (Lipinski definition) is 1. The maximum Gasteiger partial charge on any atom is 0.338 e. The molecule has 0 unspecified atom stereocenters. The van der Waals surface area contributed by atoms with E-state index in [1.807, 2.05) is 11.5 Å². The number of aryl methyl sites for hydroxylation is 1. The SMILES string of the molecule is CCCCn1c(COC(=O)c2ccc(F)cc2)nc2cc(S(N)(=O)=O)ccc21. The van der Waals surface area contributed by atoms with Crippen molar-refractivity contribution >= 4 is 27.0 Å². The number of nitrogens with two attached hydrogens (primary N) is 1. The molecule has 3 aromatic rings. The number of hydrogen-bond acceptors (Lipinski definition) is 5. The molecule has 2 aromatic carbocycles. The van der Waals surface area contributed by atoms with E-state index >= 15 is 0 Å². The Kier molecular flexibility index (Phi) is 5.76. The third-order valence-corrected chi connectivity index (χ3v) is 5.19. The minimum Gasteiger partial charge on any atom is -0.454 e. The van der Waals surface area contributed by atoms with Gasteiger partial charge in [0.15, 0.2) is 0 Å². The molecule has 148 valence electrons. The van der Waals surface area contributed by atoms with Crippen molar-refractivity contribution < 1.29 is 22.3 Å². The normalized spacial score (nSPS) is 11.7. The Hall–Kier alpha value is -2.78. The van der Waals surface area contributed by atoms with Gasteiger partial charge in [-0.15, -0.1) is 0 Å². The molecule has 0 aliphatic carbocycles. The minimum atomic E-state index is -3.85. The molecule has 0 radical (unpaired) electrons. The van der Waals surface area contributed by atoms with Gasteiger partial charge in [-0.1, -0.05) is 13.3 Å². The first kappa shape index (κ1) is 20.0. The van der Waals surface area contributed by atoms with E-state index in [9.17, 15) is 17.6 Å². The average molecular weight is 405 g/mol. The van der Waals surface area contributed by atoms with Crippen LogP contribution in [0.2, 0.25) is 0 Å². The van der Waals surface area contributed by atoms with Crippen LogP contribution in [0.3, 0.4) is 0 Å². The largest absolute Gasteiger partial charge is 0.454 e. The van der Waals surface area contributed by atoms with Gasteiger partial charge < -0.3 is 9.30 Å². The number of primary sulfonamides is 1. The molecule has 1 aromatic heterocycles. The fraction of sp³-hybridized carbons (Fsp3) is 0.263. The van der Waals surface area contributed by atoms with E-state index in [-0.39, 0.29) is 17.1 Å². The molecule has 0 aliphatic heterocycles. The number of rotatable bonds is 7. The van der Waals surface area contributed by atoms with Gasteiger partial charge in [0, 0.05) is 6.54 Å². The van der Waals surface area contributed by atoms with Crippen LogP contribution in [-0.2, 0) is 27.9 Å². The summed E-state index contributed by atoms with van der Waals surface area (Å²) in [6, 6.07) is 9.52. The number of carbonyl (C=O) groups excluding carboxylic acids is 1. The molecule has 0 spiro atoms. The summed E-state index contributed by atoms with van der Waals surface area (Å²) in [6.45, 7) is 2.59. The Bertz CT molecular complexity index is 1110. The monoisotopic (exact) mass is 405 g/mol. The molecular weight excluding hydrogens is 385 g/mol. The summed E-state index contributed by atoms with van der Waals surface area (Å²) in [5, 5.41) is 5.19. The Labute approximate surface area is 162 Å². The van der Waals surface area contributed by atoms with E-state index in [0.29, 0.717) is 17.9 Å². The fourth-order valence-corrected chi connectivity index (χ4v) is 3.35. The lowest BCUT2D eigenvalue weighted by atomic mass is 10.2. The highest BCUT2D eigenvalue weighted by Crippen LogP contribution is 2.21. The number of imidazole rings is 1. The van der Waals surface area contributed by atoms with Crippen LogP contribution < -0.4 is 5.14 Å². The van der Waals surface area contributed by atoms with Gasteiger partial charge in [0.1, 0.15) is 18.2 Å². The molecule has 0 amide bonds. The topological polar surface area (TPSA) is 104 Å². The molecular formula is C19H20FN3O4S. The Balaban J connectivity index is 1.89. The van der Waals surface area contributed by atoms with Gasteiger partial charge in [0.05, 0.1) is 21.5 Å². The number of benzene rings is 2. The zero-order valence-corrected chi connectivity index (χ0v) is 16.1. The van der Waals surface area contributed by atoms with E-state index in [1.54, 1.807) is 6.07 Å². The first-order valence-electron chi connectivity index (χ1n) is 8.74. The number of esters is 1. The number of aromatic nitrogens is 2. The van der Waals surface area contributed by atoms with Gasteiger partial charge in [-0.3, -0.25) is 0 Å². The van der Waals surface area contributed by atoms with Crippen molar-refractivity contribution in [2.24, 2.45) is 5.14 Å². The van der Waals surface area contributed by atoms with Gasteiger partial charge in [0.25, 0.3) is 0 Å². The van der Waals surface area contributed by atoms with Crippen LogP contribution >= 0.6 is 0 Å². The van der Waals surface area contributed by atoms with Gasteiger partial charge in [-0.25, -0.2) is 27.7 Å². The zero-order valence-electron chi connectivity index (χ0n) is 15.3. The molecule has 7 nitrogen and oxygen atoms in total. The van der Waals surface area contributed by atoms with Crippen molar-refractivity contribution in [2.75, 3.05) is 0 Å². The maximum atomic E-state index is 13.0. The number of unbranched alkanes of at least 4 members (excludes halogenated alkanes) is 1. The third kappa shape index (κ3) is 4.37. The van der Waals surface area contributed by atoms with Gasteiger partial charge in [-0.2, -0.15) is 0 Å². The van der Waals surface area contributed by atoms with Crippen LogP contribution in [-0.4, -0.2) is 23.9 Å². The number of fused-ring (bicyclic) bond motifs is 1. The van der Waals surface area contributed by atoms with Crippen LogP contribution in [0.4, 0.5) is 4.39 Å². The zero-order chi connectivity index (χ0) is 20.3. The predicted octanol–water partition coefficient (Wildman–Crippen LogP) is 2.98. The fourth-order valence-electron chi connectivity index (χ4n) is 2.81. The lowest BCUT2D eigenvalue weighted by molar-refractivity contribution is 0.0458. The summed E-state index contributed by atoms with van der Waals surface area (Å²) in [5.41, 5.74) is 1.42. The number of carbonyl (C=O) groups is 1. The maximum absolute atomic E-state index is 13.0. The second kappa shape index (κ2) is 8.07. The van der Waals surface area contributed by atoms with Gasteiger partial charge in [0.2, 0.25) is 10.0 Å². The Morgan fingerprint density at radius 1 is 1.21 bits per heavy atom. The van der Waals surface area contributed by atoms with Crippen LogP contribution in [0.5, 0.6) is 0 Å². The van der Waals surface area contributed by atoms with Crippen molar-refractivity contribution in [3.63, 3.8) is 0 Å². The number of halogens is 1. The first-order valence-corrected chi connectivity index (χ1v) is 10.3. The lowest BCUT2D eigenvalue weighted by Crippen LogP contribution is -2.12. The van der Waals surface area contributed by atoms with Crippen molar-refractivity contribution in [2.45, 2.75) is 37.8 Å². The summed E-state index contributed by atoms with van der Waals surface area (Å²) in [5.74, 6) is -0.548. The van der Waals surface area contributed by atoms with E-state index in [4.69, 9.17) is 9.88 Å². The molecule has 0 saturated heterocycles. The highest BCUT2D eigenvalue weighted by Gasteiger charge is 2.16. The number of sulfonamides is 1. The number of ether oxygens (including phenoxy) is 1. The minimum absolute atomic E-state index is 0.0324. The molecule has 3 rings (SSSR count). The predicted molar refractivity (Wildman–Crippen MR) is 102 cm³/mol. The summed E-state index contributed by atoms with van der Waals surface area (Å²) in [6.07, 6.45) is 1.82. The summed E-state index contributed by atoms with van der Waals surface area (Å²) < 4.78 is 43.4. The van der Waals surface area contributed by atoms with E-state index in [2.05, 4.69) is 4.98 Å². The summed E-state index contributed by atoms with van der Waals surface area (Å²) in [7, 11) is -3.85. The molecule has 0 atom stereocenters. The molecule has 0 aliphatic rings. The Morgan fingerprint density at radius 2 is 1.93 bits per heavy atom. The van der Waals surface area contributed by atoms with E-state index < -0.39 is 21.8 Å². The molecule has 0 saturated carbocycles. The highest BCUT2D eigenvalue weighted by atomic mass is 32.2. The van der Waals surface area contributed by atoms with Crippen molar-refractivity contribution in [3.05, 3.63) is 59.7 Å². The second-order valence-electron chi connectivity index (χ2n) is 6.31. The van der Waals surface area contributed by atoms with Crippen molar-refractivity contribution in [1.82, 2.24) is 9.55 Å². The molecule has 0 fully saturated rings. The molecule has 0 bridgehead atoms. The molecule has 9 heteroatoms. The molecule has 28 heavy (non-hydrogen) atoms. The van der Waals surface area contributed by atoms with Gasteiger partial charge in [-0.05, 0) is 48.9 Å². The van der Waals surface area contributed by atoms with Crippen LogP contribution in [0.25, 0.3) is 11.0 Å². The first-order chi connectivity index (χ1) is 13.3.